The summed E-state index contributed by atoms with van der Waals surface area (Å²) in [5, 5.41) is 11.5. The van der Waals surface area contributed by atoms with Crippen molar-refractivity contribution >= 4 is 5.97 Å². The predicted molar refractivity (Wildman–Crippen MR) is 48.0 cm³/mol. The van der Waals surface area contributed by atoms with E-state index in [1.165, 1.54) is 0 Å². The molecular weight excluding hydrogens is 156 g/mol. The first-order valence-corrected chi connectivity index (χ1v) is 4.29. The van der Waals surface area contributed by atoms with Crippen LogP contribution in [-0.2, 0) is 4.79 Å². The summed E-state index contributed by atoms with van der Waals surface area (Å²) in [6, 6.07) is 0.0917. The lowest BCUT2D eigenvalue weighted by Gasteiger charge is -2.12. The predicted octanol–water partition coefficient (Wildman–Crippen LogP) is 0.178. The van der Waals surface area contributed by atoms with Gasteiger partial charge in [0.15, 0.2) is 0 Å². The Kier molecular flexibility index (Phi) is 6.70. The number of hydrogen-bond donors (Lipinski definition) is 3. The topological polar surface area (TPSA) is 75.3 Å². The first-order chi connectivity index (χ1) is 5.70. The molecule has 1 atom stereocenters. The Balaban J connectivity index is 3.46. The van der Waals surface area contributed by atoms with E-state index in [0.29, 0.717) is 6.54 Å². The molecule has 0 amide bonds. The Morgan fingerprint density at radius 2 is 2.25 bits per heavy atom. The van der Waals surface area contributed by atoms with Gasteiger partial charge < -0.3 is 16.2 Å². The third-order valence-electron chi connectivity index (χ3n) is 1.84. The van der Waals surface area contributed by atoms with Crippen molar-refractivity contribution in [3.63, 3.8) is 0 Å². The Morgan fingerprint density at radius 1 is 1.58 bits per heavy atom. The van der Waals surface area contributed by atoms with Gasteiger partial charge in [-0.1, -0.05) is 6.42 Å². The molecule has 0 bridgehead atoms. The maximum absolute atomic E-state index is 10.3. The highest BCUT2D eigenvalue weighted by Crippen LogP contribution is 2.03. The van der Waals surface area contributed by atoms with E-state index in [0.717, 1.165) is 19.3 Å². The maximum atomic E-state index is 10.3. The zero-order valence-corrected chi connectivity index (χ0v) is 7.55. The van der Waals surface area contributed by atoms with Gasteiger partial charge in [0.1, 0.15) is 0 Å². The molecule has 0 fully saturated rings. The summed E-state index contributed by atoms with van der Waals surface area (Å²) in [6.45, 7) is 0.684. The third-order valence-corrected chi connectivity index (χ3v) is 1.84. The molecule has 0 aromatic heterocycles. The van der Waals surface area contributed by atoms with E-state index in [2.05, 4.69) is 5.32 Å². The number of nitrogens with one attached hydrogen (secondary N) is 1. The Bertz CT molecular complexity index is 128. The van der Waals surface area contributed by atoms with Gasteiger partial charge in [0, 0.05) is 6.04 Å². The minimum atomic E-state index is -0.748. The van der Waals surface area contributed by atoms with E-state index < -0.39 is 5.97 Å². The monoisotopic (exact) mass is 174 g/mol. The molecule has 72 valence electrons. The average molecular weight is 174 g/mol. The SMILES string of the molecule is CN[C@H](CCCCN)CC(=O)O. The number of carboxylic acids is 1. The third kappa shape index (κ3) is 6.12. The van der Waals surface area contributed by atoms with Crippen LogP contribution in [0, 0.1) is 0 Å². The molecule has 0 aliphatic carbocycles. The van der Waals surface area contributed by atoms with Crippen molar-refractivity contribution in [1.29, 1.82) is 0 Å². The Hall–Kier alpha value is -0.610. The lowest BCUT2D eigenvalue weighted by Crippen LogP contribution is -2.28. The molecule has 0 saturated carbocycles. The fraction of sp³-hybridized carbons (Fsp3) is 0.875. The van der Waals surface area contributed by atoms with Crippen molar-refractivity contribution in [3.05, 3.63) is 0 Å². The second kappa shape index (κ2) is 7.06. The van der Waals surface area contributed by atoms with Gasteiger partial charge in [0.05, 0.1) is 6.42 Å². The van der Waals surface area contributed by atoms with Gasteiger partial charge in [-0.2, -0.15) is 0 Å². The van der Waals surface area contributed by atoms with Crippen molar-refractivity contribution in [2.24, 2.45) is 5.73 Å². The standard InChI is InChI=1S/C8H18N2O2/c1-10-7(6-8(11)12)4-2-3-5-9/h7,10H,2-6,9H2,1H3,(H,11,12)/t7-/m1/s1. The lowest BCUT2D eigenvalue weighted by atomic mass is 10.1. The second-order valence-electron chi connectivity index (χ2n) is 2.87. The Morgan fingerprint density at radius 3 is 2.67 bits per heavy atom. The van der Waals surface area contributed by atoms with E-state index in [1.54, 1.807) is 7.05 Å². The van der Waals surface area contributed by atoms with Crippen LogP contribution in [0.15, 0.2) is 0 Å². The molecule has 0 aromatic rings. The summed E-state index contributed by atoms with van der Waals surface area (Å²) in [7, 11) is 1.79. The molecule has 0 spiro atoms. The summed E-state index contributed by atoms with van der Waals surface area (Å²) in [4.78, 5) is 10.3. The van der Waals surface area contributed by atoms with E-state index >= 15 is 0 Å². The van der Waals surface area contributed by atoms with E-state index in [9.17, 15) is 4.79 Å². The van der Waals surface area contributed by atoms with Crippen molar-refractivity contribution in [2.75, 3.05) is 13.6 Å². The number of carboxylic acid groups (broad SMARTS) is 1. The van der Waals surface area contributed by atoms with Gasteiger partial charge in [-0.15, -0.1) is 0 Å². The van der Waals surface area contributed by atoms with Crippen LogP contribution in [-0.4, -0.2) is 30.7 Å². The van der Waals surface area contributed by atoms with Gasteiger partial charge in [-0.3, -0.25) is 4.79 Å². The molecule has 0 saturated heterocycles. The summed E-state index contributed by atoms with van der Waals surface area (Å²) in [5.74, 6) is -0.748. The fourth-order valence-electron chi connectivity index (χ4n) is 1.09. The first kappa shape index (κ1) is 11.4. The summed E-state index contributed by atoms with van der Waals surface area (Å²) < 4.78 is 0. The van der Waals surface area contributed by atoms with Crippen LogP contribution in [0.4, 0.5) is 0 Å². The van der Waals surface area contributed by atoms with Gasteiger partial charge in [-0.05, 0) is 26.4 Å². The lowest BCUT2D eigenvalue weighted by molar-refractivity contribution is -0.137. The van der Waals surface area contributed by atoms with Crippen LogP contribution in [0.2, 0.25) is 0 Å². The second-order valence-corrected chi connectivity index (χ2v) is 2.87. The van der Waals surface area contributed by atoms with Crippen LogP contribution >= 0.6 is 0 Å². The molecule has 0 aromatic carbocycles. The molecule has 0 rings (SSSR count). The molecule has 4 N–H and O–H groups in total. The zero-order chi connectivity index (χ0) is 9.40. The van der Waals surface area contributed by atoms with Gasteiger partial charge in [0.25, 0.3) is 0 Å². The molecule has 0 radical (unpaired) electrons. The van der Waals surface area contributed by atoms with Crippen molar-refractivity contribution in [3.8, 4) is 0 Å². The van der Waals surface area contributed by atoms with E-state index in [-0.39, 0.29) is 12.5 Å². The molecule has 0 unspecified atom stereocenters. The highest BCUT2D eigenvalue weighted by atomic mass is 16.4. The van der Waals surface area contributed by atoms with Crippen LogP contribution in [0.3, 0.4) is 0 Å². The number of unbranched alkanes of at least 4 members (excludes halogenated alkanes) is 1. The zero-order valence-electron chi connectivity index (χ0n) is 7.55. The highest BCUT2D eigenvalue weighted by molar-refractivity contribution is 5.67. The van der Waals surface area contributed by atoms with Crippen molar-refractivity contribution in [2.45, 2.75) is 31.7 Å². The quantitative estimate of drug-likeness (QED) is 0.481. The number of hydrogen-bond acceptors (Lipinski definition) is 3. The molecular formula is C8H18N2O2. The van der Waals surface area contributed by atoms with Gasteiger partial charge in [0.2, 0.25) is 0 Å². The van der Waals surface area contributed by atoms with Crippen LogP contribution in [0.5, 0.6) is 0 Å². The summed E-state index contributed by atoms with van der Waals surface area (Å²) >= 11 is 0. The number of aliphatic carboxylic acids is 1. The van der Waals surface area contributed by atoms with E-state index in [4.69, 9.17) is 10.8 Å². The van der Waals surface area contributed by atoms with Crippen molar-refractivity contribution < 1.29 is 9.90 Å². The number of nitrogens with two attached hydrogens (primary N) is 1. The van der Waals surface area contributed by atoms with Gasteiger partial charge >= 0.3 is 5.97 Å². The molecule has 0 aliphatic rings. The average Bonchev–Trinajstić information content (AvgIpc) is 2.02. The summed E-state index contributed by atoms with van der Waals surface area (Å²) in [5.41, 5.74) is 5.32. The van der Waals surface area contributed by atoms with E-state index in [1.807, 2.05) is 0 Å². The van der Waals surface area contributed by atoms with Crippen LogP contribution in [0.25, 0.3) is 0 Å². The fourth-order valence-corrected chi connectivity index (χ4v) is 1.09. The first-order valence-electron chi connectivity index (χ1n) is 4.29. The number of rotatable bonds is 7. The summed E-state index contributed by atoms with van der Waals surface area (Å²) in [6.07, 6.45) is 3.05. The highest BCUT2D eigenvalue weighted by Gasteiger charge is 2.09. The van der Waals surface area contributed by atoms with Crippen LogP contribution in [0.1, 0.15) is 25.7 Å². The van der Waals surface area contributed by atoms with Gasteiger partial charge in [-0.25, -0.2) is 0 Å². The molecule has 0 heterocycles. The maximum Gasteiger partial charge on any atom is 0.304 e. The smallest absolute Gasteiger partial charge is 0.304 e. The molecule has 4 heteroatoms. The number of carbonyl (C=O) groups is 1. The largest absolute Gasteiger partial charge is 0.481 e. The molecule has 4 nitrogen and oxygen atoms in total. The molecule has 0 aliphatic heterocycles. The minimum absolute atomic E-state index is 0.0917. The van der Waals surface area contributed by atoms with Crippen molar-refractivity contribution in [1.82, 2.24) is 5.32 Å². The Labute approximate surface area is 73.1 Å². The normalized spacial score (nSPS) is 12.8. The molecule has 12 heavy (non-hydrogen) atoms. The van der Waals surface area contributed by atoms with Crippen LogP contribution < -0.4 is 11.1 Å². The minimum Gasteiger partial charge on any atom is -0.481 e.